The molecule has 7 heavy (non-hydrogen) atoms. The third-order valence-corrected chi connectivity index (χ3v) is 1.58. The Morgan fingerprint density at radius 3 is 2.29 bits per heavy atom. The van der Waals surface area contributed by atoms with E-state index in [0.717, 1.165) is 3.92 Å². The van der Waals surface area contributed by atoms with Gasteiger partial charge >= 0.3 is 0 Å². The molecule has 0 fully saturated rings. The van der Waals surface area contributed by atoms with Gasteiger partial charge in [0.15, 0.2) is 0 Å². The maximum absolute atomic E-state index is 2.47. The topological polar surface area (TPSA) is 0 Å². The van der Waals surface area contributed by atoms with Gasteiger partial charge in [-0.05, 0) is 6.42 Å². The summed E-state index contributed by atoms with van der Waals surface area (Å²) >= 11 is 2.47. The first-order valence-corrected chi connectivity index (χ1v) is 4.16. The molecular weight excluding hydrogens is 199 g/mol. The van der Waals surface area contributed by atoms with E-state index in [9.17, 15) is 0 Å². The Balaban J connectivity index is 2.68. The Hall–Kier alpha value is 0.730. The van der Waals surface area contributed by atoms with Gasteiger partial charge < -0.3 is 0 Å². The number of hydrogen-bond acceptors (Lipinski definition) is 0. The van der Waals surface area contributed by atoms with Crippen molar-refractivity contribution >= 4 is 22.6 Å². The average Bonchev–Trinajstić information content (AvgIpc) is 1.61. The van der Waals surface area contributed by atoms with Gasteiger partial charge in [-0.2, -0.15) is 0 Å². The van der Waals surface area contributed by atoms with E-state index in [4.69, 9.17) is 0 Å². The van der Waals surface area contributed by atoms with Crippen molar-refractivity contribution in [2.75, 3.05) is 0 Å². The van der Waals surface area contributed by atoms with Crippen molar-refractivity contribution in [2.45, 2.75) is 37.0 Å². The molecule has 0 aliphatic rings. The van der Waals surface area contributed by atoms with Crippen LogP contribution in [0.4, 0.5) is 0 Å². The number of unbranched alkanes of at least 4 members (excludes halogenated alkanes) is 1. The lowest BCUT2D eigenvalue weighted by Gasteiger charge is -1.97. The molecule has 0 saturated carbocycles. The van der Waals surface area contributed by atoms with Gasteiger partial charge in [0.25, 0.3) is 0 Å². The van der Waals surface area contributed by atoms with Gasteiger partial charge in [0.05, 0.1) is 0 Å². The van der Waals surface area contributed by atoms with Gasteiger partial charge in [-0.1, -0.05) is 49.3 Å². The molecule has 0 N–H and O–H groups in total. The van der Waals surface area contributed by atoms with Crippen LogP contribution < -0.4 is 0 Å². The third kappa shape index (κ3) is 6.73. The molecule has 1 heteroatoms. The van der Waals surface area contributed by atoms with E-state index < -0.39 is 0 Å². The van der Waals surface area contributed by atoms with Crippen LogP contribution in [0, 0.1) is 0 Å². The van der Waals surface area contributed by atoms with Crippen LogP contribution in [0.2, 0.25) is 0 Å². The normalized spacial score (nSPS) is 14.1. The van der Waals surface area contributed by atoms with Crippen molar-refractivity contribution in [1.82, 2.24) is 0 Å². The van der Waals surface area contributed by atoms with E-state index in [1.54, 1.807) is 0 Å². The maximum atomic E-state index is 2.47. The van der Waals surface area contributed by atoms with Crippen molar-refractivity contribution in [3.05, 3.63) is 0 Å². The maximum Gasteiger partial charge on any atom is 0.00813 e. The highest BCUT2D eigenvalue weighted by Gasteiger charge is 1.90. The molecule has 0 aliphatic carbocycles. The lowest BCUT2D eigenvalue weighted by Crippen LogP contribution is -1.86. The minimum absolute atomic E-state index is 0.873. The Labute approximate surface area is 59.8 Å². The number of rotatable bonds is 3. The van der Waals surface area contributed by atoms with E-state index >= 15 is 0 Å². The SMILES string of the molecule is CCCC[C@@H](C)I. The van der Waals surface area contributed by atoms with Crippen molar-refractivity contribution in [3.8, 4) is 0 Å². The zero-order valence-electron chi connectivity index (χ0n) is 5.08. The second-order valence-corrected chi connectivity index (χ2v) is 4.05. The Morgan fingerprint density at radius 2 is 2.14 bits per heavy atom. The molecule has 0 aromatic carbocycles. The summed E-state index contributed by atoms with van der Waals surface area (Å²) in [5, 5.41) is 0. The first-order chi connectivity index (χ1) is 3.27. The van der Waals surface area contributed by atoms with Gasteiger partial charge in [0.2, 0.25) is 0 Å². The average molecular weight is 212 g/mol. The highest BCUT2D eigenvalue weighted by molar-refractivity contribution is 14.1. The fraction of sp³-hybridized carbons (Fsp3) is 1.00. The van der Waals surface area contributed by atoms with Crippen molar-refractivity contribution < 1.29 is 0 Å². The predicted molar refractivity (Wildman–Crippen MR) is 43.0 cm³/mol. The quantitative estimate of drug-likeness (QED) is 0.498. The summed E-state index contributed by atoms with van der Waals surface area (Å²) in [5.41, 5.74) is 0. The molecule has 44 valence electrons. The second kappa shape index (κ2) is 4.88. The van der Waals surface area contributed by atoms with Crippen molar-refractivity contribution in [3.63, 3.8) is 0 Å². The summed E-state index contributed by atoms with van der Waals surface area (Å²) in [6, 6.07) is 0. The van der Waals surface area contributed by atoms with Crippen LogP contribution >= 0.6 is 22.6 Å². The van der Waals surface area contributed by atoms with E-state index in [1.807, 2.05) is 0 Å². The van der Waals surface area contributed by atoms with E-state index in [1.165, 1.54) is 19.3 Å². The van der Waals surface area contributed by atoms with Gasteiger partial charge in [0.1, 0.15) is 0 Å². The Morgan fingerprint density at radius 1 is 1.57 bits per heavy atom. The van der Waals surface area contributed by atoms with Crippen LogP contribution in [0.15, 0.2) is 0 Å². The third-order valence-electron chi connectivity index (χ3n) is 0.955. The van der Waals surface area contributed by atoms with Gasteiger partial charge in [-0.25, -0.2) is 0 Å². The zero-order valence-corrected chi connectivity index (χ0v) is 7.23. The molecule has 0 rings (SSSR count). The van der Waals surface area contributed by atoms with Crippen LogP contribution in [0.5, 0.6) is 0 Å². The van der Waals surface area contributed by atoms with E-state index in [2.05, 4.69) is 36.4 Å². The molecular formula is C6H13I. The summed E-state index contributed by atoms with van der Waals surface area (Å²) in [5.74, 6) is 0. The summed E-state index contributed by atoms with van der Waals surface area (Å²) < 4.78 is 0.873. The van der Waals surface area contributed by atoms with Crippen LogP contribution in [-0.2, 0) is 0 Å². The van der Waals surface area contributed by atoms with Gasteiger partial charge in [-0.3, -0.25) is 0 Å². The molecule has 0 unspecified atom stereocenters. The van der Waals surface area contributed by atoms with Crippen LogP contribution in [-0.4, -0.2) is 3.92 Å². The predicted octanol–water partition coefficient (Wildman–Crippen LogP) is 3.00. The molecule has 0 aliphatic heterocycles. The molecule has 0 spiro atoms. The van der Waals surface area contributed by atoms with Gasteiger partial charge in [-0.15, -0.1) is 0 Å². The monoisotopic (exact) mass is 212 g/mol. The largest absolute Gasteiger partial charge is 0.0829 e. The molecule has 0 heterocycles. The number of alkyl halides is 1. The summed E-state index contributed by atoms with van der Waals surface area (Å²) in [6.07, 6.45) is 4.12. The molecule has 0 aromatic heterocycles. The van der Waals surface area contributed by atoms with Crippen LogP contribution in [0.1, 0.15) is 33.1 Å². The second-order valence-electron chi connectivity index (χ2n) is 1.92. The number of hydrogen-bond donors (Lipinski definition) is 0. The zero-order chi connectivity index (χ0) is 5.70. The molecule has 0 nitrogen and oxygen atoms in total. The molecule has 1 atom stereocenters. The van der Waals surface area contributed by atoms with E-state index in [0.29, 0.717) is 0 Å². The first kappa shape index (κ1) is 7.73. The fourth-order valence-electron chi connectivity index (χ4n) is 0.485. The van der Waals surface area contributed by atoms with Gasteiger partial charge in [0, 0.05) is 3.92 Å². The fourth-order valence-corrected chi connectivity index (χ4v) is 0.926. The number of halogens is 1. The standard InChI is InChI=1S/C6H13I/c1-3-4-5-6(2)7/h6H,3-5H2,1-2H3/t6-/m1/s1. The summed E-state index contributed by atoms with van der Waals surface area (Å²) in [7, 11) is 0. The summed E-state index contributed by atoms with van der Waals surface area (Å²) in [6.45, 7) is 4.50. The van der Waals surface area contributed by atoms with Crippen LogP contribution in [0.25, 0.3) is 0 Å². The minimum atomic E-state index is 0.873. The molecule has 0 bridgehead atoms. The molecule has 0 saturated heterocycles. The molecule has 0 amide bonds. The first-order valence-electron chi connectivity index (χ1n) is 2.91. The van der Waals surface area contributed by atoms with Crippen molar-refractivity contribution in [2.24, 2.45) is 0 Å². The Kier molecular flexibility index (Phi) is 5.39. The lowest BCUT2D eigenvalue weighted by atomic mass is 10.2. The highest BCUT2D eigenvalue weighted by atomic mass is 127. The van der Waals surface area contributed by atoms with Crippen LogP contribution in [0.3, 0.4) is 0 Å². The smallest absolute Gasteiger partial charge is 0.00813 e. The minimum Gasteiger partial charge on any atom is -0.0829 e. The van der Waals surface area contributed by atoms with E-state index in [-0.39, 0.29) is 0 Å². The highest BCUT2D eigenvalue weighted by Crippen LogP contribution is 2.07. The lowest BCUT2D eigenvalue weighted by molar-refractivity contribution is 0.726. The molecule has 0 aromatic rings. The molecule has 0 radical (unpaired) electrons. The summed E-state index contributed by atoms with van der Waals surface area (Å²) in [4.78, 5) is 0. The van der Waals surface area contributed by atoms with Crippen molar-refractivity contribution in [1.29, 1.82) is 0 Å². The Bertz CT molecular complexity index is 33.2.